The highest BCUT2D eigenvalue weighted by atomic mass is 16.1. The monoisotopic (exact) mass is 211 g/mol. The van der Waals surface area contributed by atoms with E-state index in [1.807, 2.05) is 0 Å². The van der Waals surface area contributed by atoms with Crippen LogP contribution in [0.25, 0.3) is 0 Å². The largest absolute Gasteiger partial charge is 0.302 e. The third-order valence-corrected chi connectivity index (χ3v) is 4.68. The predicted octanol–water partition coefficient (Wildman–Crippen LogP) is 2.58. The second-order valence-corrected chi connectivity index (χ2v) is 5.16. The quantitative estimate of drug-likeness (QED) is 0.669. The predicted molar refractivity (Wildman–Crippen MR) is 63.8 cm³/mol. The Morgan fingerprint density at radius 3 is 2.13 bits per heavy atom. The Morgan fingerprint density at radius 2 is 1.67 bits per heavy atom. The van der Waals surface area contributed by atoms with Crippen LogP contribution < -0.4 is 0 Å². The van der Waals surface area contributed by atoms with Crippen LogP contribution in [-0.2, 0) is 4.79 Å². The van der Waals surface area contributed by atoms with Crippen molar-refractivity contribution in [3.8, 4) is 0 Å². The molecule has 0 amide bonds. The first-order valence-corrected chi connectivity index (χ1v) is 6.23. The molecule has 15 heavy (non-hydrogen) atoms. The Morgan fingerprint density at radius 1 is 1.07 bits per heavy atom. The number of hydrogen-bond donors (Lipinski definition) is 0. The van der Waals surface area contributed by atoms with Gasteiger partial charge in [-0.2, -0.15) is 0 Å². The SMILES string of the molecule is CCC1[C@H](C)C(C)C(C)C(C)N1CC=O. The smallest absolute Gasteiger partial charge is 0.134 e. The zero-order chi connectivity index (χ0) is 11.6. The molecule has 1 aliphatic heterocycles. The van der Waals surface area contributed by atoms with Crippen molar-refractivity contribution in [2.24, 2.45) is 17.8 Å². The highest BCUT2D eigenvalue weighted by Gasteiger charge is 2.40. The molecule has 1 rings (SSSR count). The van der Waals surface area contributed by atoms with E-state index in [4.69, 9.17) is 0 Å². The van der Waals surface area contributed by atoms with Gasteiger partial charge >= 0.3 is 0 Å². The molecular weight excluding hydrogens is 186 g/mol. The van der Waals surface area contributed by atoms with Crippen molar-refractivity contribution in [1.82, 2.24) is 4.90 Å². The van der Waals surface area contributed by atoms with Gasteiger partial charge in [0.15, 0.2) is 0 Å². The lowest BCUT2D eigenvalue weighted by Gasteiger charge is -2.50. The third-order valence-electron chi connectivity index (χ3n) is 4.68. The van der Waals surface area contributed by atoms with Crippen LogP contribution in [-0.4, -0.2) is 29.8 Å². The van der Waals surface area contributed by atoms with E-state index in [9.17, 15) is 4.79 Å². The molecule has 0 bridgehead atoms. The van der Waals surface area contributed by atoms with Gasteiger partial charge in [0.2, 0.25) is 0 Å². The summed E-state index contributed by atoms with van der Waals surface area (Å²) in [6, 6.07) is 1.11. The van der Waals surface area contributed by atoms with E-state index in [2.05, 4.69) is 39.5 Å². The average Bonchev–Trinajstić information content (AvgIpc) is 2.24. The van der Waals surface area contributed by atoms with Gasteiger partial charge in [-0.05, 0) is 31.1 Å². The third kappa shape index (κ3) is 2.25. The highest BCUT2D eigenvalue weighted by Crippen LogP contribution is 2.37. The van der Waals surface area contributed by atoms with E-state index in [1.54, 1.807) is 0 Å². The number of aldehydes is 1. The number of piperidine rings is 1. The van der Waals surface area contributed by atoms with Crippen molar-refractivity contribution in [2.75, 3.05) is 6.54 Å². The van der Waals surface area contributed by atoms with E-state index < -0.39 is 0 Å². The van der Waals surface area contributed by atoms with Gasteiger partial charge in [-0.1, -0.05) is 27.7 Å². The molecule has 2 heteroatoms. The molecule has 4 unspecified atom stereocenters. The number of carbonyl (C=O) groups excluding carboxylic acids is 1. The van der Waals surface area contributed by atoms with Gasteiger partial charge in [0.1, 0.15) is 6.29 Å². The summed E-state index contributed by atoms with van der Waals surface area (Å²) >= 11 is 0. The number of hydrogen-bond acceptors (Lipinski definition) is 2. The first-order valence-electron chi connectivity index (χ1n) is 6.23. The minimum atomic E-state index is 0.534. The highest BCUT2D eigenvalue weighted by molar-refractivity contribution is 5.52. The summed E-state index contributed by atoms with van der Waals surface area (Å²) in [5, 5.41) is 0. The molecule has 0 aromatic rings. The Kier molecular flexibility index (Phi) is 4.32. The van der Waals surface area contributed by atoms with Crippen LogP contribution in [0.5, 0.6) is 0 Å². The summed E-state index contributed by atoms with van der Waals surface area (Å²) < 4.78 is 0. The van der Waals surface area contributed by atoms with Gasteiger partial charge in [0.05, 0.1) is 6.54 Å². The molecule has 1 heterocycles. The number of likely N-dealkylation sites (tertiary alicyclic amines) is 1. The van der Waals surface area contributed by atoms with Gasteiger partial charge in [-0.3, -0.25) is 4.90 Å². The second-order valence-electron chi connectivity index (χ2n) is 5.16. The summed E-state index contributed by atoms with van der Waals surface area (Å²) in [7, 11) is 0. The van der Waals surface area contributed by atoms with E-state index in [0.717, 1.165) is 18.6 Å². The van der Waals surface area contributed by atoms with Gasteiger partial charge < -0.3 is 4.79 Å². The minimum Gasteiger partial charge on any atom is -0.302 e. The fourth-order valence-electron chi connectivity index (χ4n) is 3.17. The van der Waals surface area contributed by atoms with E-state index in [0.29, 0.717) is 30.5 Å². The molecule has 0 spiro atoms. The molecule has 1 fully saturated rings. The van der Waals surface area contributed by atoms with Crippen LogP contribution in [0.3, 0.4) is 0 Å². The van der Waals surface area contributed by atoms with Crippen molar-refractivity contribution in [3.05, 3.63) is 0 Å². The molecule has 5 atom stereocenters. The van der Waals surface area contributed by atoms with Crippen LogP contribution in [0, 0.1) is 17.8 Å². The lowest BCUT2D eigenvalue weighted by atomic mass is 9.72. The van der Waals surface area contributed by atoms with Gasteiger partial charge in [0.25, 0.3) is 0 Å². The first-order chi connectivity index (χ1) is 7.04. The van der Waals surface area contributed by atoms with E-state index in [1.165, 1.54) is 0 Å². The van der Waals surface area contributed by atoms with Crippen LogP contribution in [0.1, 0.15) is 41.0 Å². The second kappa shape index (κ2) is 5.11. The molecule has 1 saturated heterocycles. The number of rotatable bonds is 3. The van der Waals surface area contributed by atoms with Crippen molar-refractivity contribution >= 4 is 6.29 Å². The Balaban J connectivity index is 2.86. The van der Waals surface area contributed by atoms with Crippen LogP contribution in [0.15, 0.2) is 0 Å². The summed E-state index contributed by atoms with van der Waals surface area (Å²) in [6.07, 6.45) is 2.20. The average molecular weight is 211 g/mol. The summed E-state index contributed by atoms with van der Waals surface area (Å²) in [5.74, 6) is 2.14. The zero-order valence-corrected chi connectivity index (χ0v) is 10.7. The lowest BCUT2D eigenvalue weighted by Crippen LogP contribution is -2.56. The topological polar surface area (TPSA) is 20.3 Å². The molecule has 0 aliphatic carbocycles. The molecule has 0 N–H and O–H groups in total. The zero-order valence-electron chi connectivity index (χ0n) is 10.7. The van der Waals surface area contributed by atoms with Crippen molar-refractivity contribution in [3.63, 3.8) is 0 Å². The molecule has 0 saturated carbocycles. The molecule has 0 radical (unpaired) electrons. The molecule has 2 nitrogen and oxygen atoms in total. The molecule has 0 aromatic heterocycles. The summed E-state index contributed by atoms with van der Waals surface area (Å²) in [5.41, 5.74) is 0. The maximum atomic E-state index is 10.7. The normalized spacial score (nSPS) is 42.9. The van der Waals surface area contributed by atoms with Crippen LogP contribution in [0.4, 0.5) is 0 Å². The van der Waals surface area contributed by atoms with Gasteiger partial charge in [-0.15, -0.1) is 0 Å². The fraction of sp³-hybridized carbons (Fsp3) is 0.923. The van der Waals surface area contributed by atoms with Crippen molar-refractivity contribution in [2.45, 2.75) is 53.1 Å². The lowest BCUT2D eigenvalue weighted by molar-refractivity contribution is -0.112. The van der Waals surface area contributed by atoms with Crippen LogP contribution in [0.2, 0.25) is 0 Å². The van der Waals surface area contributed by atoms with Crippen molar-refractivity contribution in [1.29, 1.82) is 0 Å². The maximum absolute atomic E-state index is 10.7. The molecular formula is C13H25NO. The molecule has 1 aliphatic rings. The van der Waals surface area contributed by atoms with E-state index in [-0.39, 0.29) is 0 Å². The minimum absolute atomic E-state index is 0.534. The Labute approximate surface area is 94.0 Å². The van der Waals surface area contributed by atoms with Gasteiger partial charge in [-0.25, -0.2) is 0 Å². The van der Waals surface area contributed by atoms with Crippen LogP contribution >= 0.6 is 0 Å². The van der Waals surface area contributed by atoms with E-state index >= 15 is 0 Å². The molecule has 88 valence electrons. The number of nitrogens with zero attached hydrogens (tertiary/aromatic N) is 1. The standard InChI is InChI=1S/C13H25NO/c1-6-13-11(4)9(2)10(3)12(5)14(13)7-8-15/h8-13H,6-7H2,1-5H3/t9?,10?,11-,12?,13?/m1/s1. The number of carbonyl (C=O) groups is 1. The Hall–Kier alpha value is -0.370. The summed E-state index contributed by atoms with van der Waals surface area (Å²) in [6.45, 7) is 12.1. The van der Waals surface area contributed by atoms with Crippen molar-refractivity contribution < 1.29 is 4.79 Å². The molecule has 0 aromatic carbocycles. The Bertz CT molecular complexity index is 217. The maximum Gasteiger partial charge on any atom is 0.134 e. The summed E-state index contributed by atoms with van der Waals surface area (Å²) in [4.78, 5) is 13.1. The first kappa shape index (κ1) is 12.7. The fourth-order valence-corrected chi connectivity index (χ4v) is 3.17. The van der Waals surface area contributed by atoms with Gasteiger partial charge in [0, 0.05) is 12.1 Å².